The lowest BCUT2D eigenvalue weighted by atomic mass is 9.92. The first-order valence-corrected chi connectivity index (χ1v) is 10.5. The summed E-state index contributed by atoms with van der Waals surface area (Å²) in [7, 11) is 0. The molecule has 0 atom stereocenters. The van der Waals surface area contributed by atoms with Gasteiger partial charge in [0.05, 0.1) is 5.69 Å². The summed E-state index contributed by atoms with van der Waals surface area (Å²) in [5, 5.41) is 2.51. The van der Waals surface area contributed by atoms with Crippen molar-refractivity contribution in [3.05, 3.63) is 89.1 Å². The third-order valence-corrected chi connectivity index (χ3v) is 5.45. The Morgan fingerprint density at radius 3 is 2.03 bits per heavy atom. The molecule has 4 rings (SSSR count). The maximum absolute atomic E-state index is 4.95. The van der Waals surface area contributed by atoms with Crippen molar-refractivity contribution in [2.75, 3.05) is 0 Å². The predicted molar refractivity (Wildman–Crippen MR) is 125 cm³/mol. The summed E-state index contributed by atoms with van der Waals surface area (Å²) < 4.78 is 0. The molecule has 1 heteroatoms. The van der Waals surface area contributed by atoms with Gasteiger partial charge < -0.3 is 0 Å². The van der Waals surface area contributed by atoms with Crippen LogP contribution in [0.5, 0.6) is 0 Å². The van der Waals surface area contributed by atoms with Crippen LogP contribution < -0.4 is 0 Å². The van der Waals surface area contributed by atoms with Gasteiger partial charge in [-0.25, -0.2) is 0 Å². The van der Waals surface area contributed by atoms with Gasteiger partial charge >= 0.3 is 0 Å². The number of benzene rings is 3. The fraction of sp³-hybridized carbons (Fsp3) is 0.250. The number of fused-ring (bicyclic) bond motifs is 1. The number of hydrogen-bond acceptors (Lipinski definition) is 1. The zero-order valence-corrected chi connectivity index (χ0v) is 18.1. The van der Waals surface area contributed by atoms with Crippen molar-refractivity contribution >= 4 is 10.8 Å². The van der Waals surface area contributed by atoms with Crippen LogP contribution >= 0.6 is 0 Å². The van der Waals surface area contributed by atoms with Gasteiger partial charge in [0.2, 0.25) is 0 Å². The molecule has 0 radical (unpaired) electrons. The van der Waals surface area contributed by atoms with E-state index in [2.05, 4.69) is 101 Å². The molecule has 0 amide bonds. The minimum Gasteiger partial charge on any atom is -0.255 e. The Bertz CT molecular complexity index is 1150. The molecule has 1 heterocycles. The van der Waals surface area contributed by atoms with E-state index in [1.54, 1.807) is 0 Å². The molecule has 4 aromatic rings. The molecule has 0 saturated carbocycles. The van der Waals surface area contributed by atoms with Gasteiger partial charge in [0.1, 0.15) is 0 Å². The van der Waals surface area contributed by atoms with Crippen molar-refractivity contribution < 1.29 is 0 Å². The van der Waals surface area contributed by atoms with Gasteiger partial charge in [-0.05, 0) is 61.8 Å². The zero-order valence-electron chi connectivity index (χ0n) is 18.1. The molecule has 0 aliphatic carbocycles. The van der Waals surface area contributed by atoms with Crippen LogP contribution in [-0.4, -0.2) is 4.98 Å². The van der Waals surface area contributed by atoms with E-state index in [1.807, 2.05) is 0 Å². The standard InChI is InChI=1S/C28H29N/c1-18(2)12-22-8-11-25-26(16-22)27(23-9-6-19(3)7-10-23)17-29-28(25)24-14-20(4)13-21(5)15-24/h6-11,13-18H,12H2,1-5H3. The lowest BCUT2D eigenvalue weighted by Gasteiger charge is -2.14. The molecule has 1 aromatic heterocycles. The van der Waals surface area contributed by atoms with Gasteiger partial charge in [0, 0.05) is 22.7 Å². The maximum Gasteiger partial charge on any atom is 0.0780 e. The summed E-state index contributed by atoms with van der Waals surface area (Å²) >= 11 is 0. The number of rotatable bonds is 4. The maximum atomic E-state index is 4.95. The smallest absolute Gasteiger partial charge is 0.0780 e. The second-order valence-electron chi connectivity index (χ2n) is 8.74. The first-order chi connectivity index (χ1) is 13.9. The molecule has 0 spiro atoms. The quantitative estimate of drug-likeness (QED) is 0.354. The average molecular weight is 380 g/mol. The molecular formula is C28H29N. The van der Waals surface area contributed by atoms with E-state index in [0.29, 0.717) is 5.92 Å². The Hall–Kier alpha value is -2.93. The molecule has 0 N–H and O–H groups in total. The van der Waals surface area contributed by atoms with Crippen molar-refractivity contribution in [3.8, 4) is 22.4 Å². The van der Waals surface area contributed by atoms with Crippen molar-refractivity contribution in [3.63, 3.8) is 0 Å². The second-order valence-corrected chi connectivity index (χ2v) is 8.74. The van der Waals surface area contributed by atoms with Crippen LogP contribution in [0.1, 0.15) is 36.1 Å². The molecule has 0 aliphatic heterocycles. The summed E-state index contributed by atoms with van der Waals surface area (Å²) in [6.45, 7) is 11.0. The minimum absolute atomic E-state index is 0.635. The van der Waals surface area contributed by atoms with Crippen LogP contribution in [0.15, 0.2) is 66.9 Å². The van der Waals surface area contributed by atoms with Crippen LogP contribution in [0.3, 0.4) is 0 Å². The Morgan fingerprint density at radius 2 is 1.38 bits per heavy atom. The van der Waals surface area contributed by atoms with Crippen molar-refractivity contribution in [2.45, 2.75) is 41.0 Å². The highest BCUT2D eigenvalue weighted by Gasteiger charge is 2.13. The van der Waals surface area contributed by atoms with E-state index in [-0.39, 0.29) is 0 Å². The molecule has 0 unspecified atom stereocenters. The van der Waals surface area contributed by atoms with Gasteiger partial charge in [-0.15, -0.1) is 0 Å². The lowest BCUT2D eigenvalue weighted by Crippen LogP contribution is -1.96. The van der Waals surface area contributed by atoms with E-state index >= 15 is 0 Å². The molecule has 1 nitrogen and oxygen atoms in total. The molecule has 3 aromatic carbocycles. The normalized spacial score (nSPS) is 11.4. The van der Waals surface area contributed by atoms with Crippen molar-refractivity contribution in [1.29, 1.82) is 0 Å². The highest BCUT2D eigenvalue weighted by molar-refractivity contribution is 6.03. The number of aromatic nitrogens is 1. The summed E-state index contributed by atoms with van der Waals surface area (Å²) in [5.41, 5.74) is 9.90. The van der Waals surface area contributed by atoms with Gasteiger partial charge in [-0.3, -0.25) is 4.98 Å². The number of aryl methyl sites for hydroxylation is 3. The third-order valence-electron chi connectivity index (χ3n) is 5.45. The first kappa shape index (κ1) is 19.4. The summed E-state index contributed by atoms with van der Waals surface area (Å²) in [6.07, 6.45) is 3.14. The lowest BCUT2D eigenvalue weighted by molar-refractivity contribution is 0.648. The largest absolute Gasteiger partial charge is 0.255 e. The van der Waals surface area contributed by atoms with Gasteiger partial charge in [-0.1, -0.05) is 79.1 Å². The van der Waals surface area contributed by atoms with Crippen LogP contribution in [0, 0.1) is 26.7 Å². The number of pyridine rings is 1. The Labute approximate surface area is 174 Å². The topological polar surface area (TPSA) is 12.9 Å². The SMILES string of the molecule is Cc1ccc(-c2cnc(-c3cc(C)cc(C)c3)c3ccc(CC(C)C)cc23)cc1. The van der Waals surface area contributed by atoms with Crippen LogP contribution in [0.4, 0.5) is 0 Å². The molecule has 0 fully saturated rings. The van der Waals surface area contributed by atoms with Crippen molar-refractivity contribution in [1.82, 2.24) is 4.98 Å². The van der Waals surface area contributed by atoms with E-state index < -0.39 is 0 Å². The highest BCUT2D eigenvalue weighted by atomic mass is 14.7. The van der Waals surface area contributed by atoms with E-state index in [1.165, 1.54) is 49.7 Å². The summed E-state index contributed by atoms with van der Waals surface area (Å²) in [6, 6.07) is 22.4. The zero-order chi connectivity index (χ0) is 20.5. The van der Waals surface area contributed by atoms with Gasteiger partial charge in [0.15, 0.2) is 0 Å². The summed E-state index contributed by atoms with van der Waals surface area (Å²) in [5.74, 6) is 0.635. The molecule has 0 bridgehead atoms. The van der Waals surface area contributed by atoms with Crippen molar-refractivity contribution in [2.24, 2.45) is 5.92 Å². The number of nitrogens with zero attached hydrogens (tertiary/aromatic N) is 1. The van der Waals surface area contributed by atoms with Crippen LogP contribution in [0.2, 0.25) is 0 Å². The summed E-state index contributed by atoms with van der Waals surface area (Å²) in [4.78, 5) is 4.95. The van der Waals surface area contributed by atoms with Gasteiger partial charge in [0.25, 0.3) is 0 Å². The van der Waals surface area contributed by atoms with Gasteiger partial charge in [-0.2, -0.15) is 0 Å². The molecule has 29 heavy (non-hydrogen) atoms. The Balaban J connectivity index is 1.97. The van der Waals surface area contributed by atoms with Crippen LogP contribution in [-0.2, 0) is 6.42 Å². The second kappa shape index (κ2) is 7.83. The van der Waals surface area contributed by atoms with E-state index in [0.717, 1.165) is 12.1 Å². The van der Waals surface area contributed by atoms with Crippen LogP contribution in [0.25, 0.3) is 33.2 Å². The minimum atomic E-state index is 0.635. The molecule has 0 aliphatic rings. The number of hydrogen-bond donors (Lipinski definition) is 0. The average Bonchev–Trinajstić information content (AvgIpc) is 2.66. The first-order valence-electron chi connectivity index (χ1n) is 10.5. The Morgan fingerprint density at radius 1 is 0.690 bits per heavy atom. The molecule has 146 valence electrons. The predicted octanol–water partition coefficient (Wildman–Crippen LogP) is 7.69. The highest BCUT2D eigenvalue weighted by Crippen LogP contribution is 2.35. The molecule has 0 saturated heterocycles. The third kappa shape index (κ3) is 4.10. The van der Waals surface area contributed by atoms with E-state index in [4.69, 9.17) is 4.98 Å². The Kier molecular flexibility index (Phi) is 5.24. The monoisotopic (exact) mass is 379 g/mol. The molecular weight excluding hydrogens is 350 g/mol. The fourth-order valence-electron chi connectivity index (χ4n) is 4.19. The fourth-order valence-corrected chi connectivity index (χ4v) is 4.19. The van der Waals surface area contributed by atoms with E-state index in [9.17, 15) is 0 Å².